The number of carbonyl (C=O) groups is 2. The van der Waals surface area contributed by atoms with Crippen molar-refractivity contribution in [3.05, 3.63) is 28.2 Å². The van der Waals surface area contributed by atoms with Gasteiger partial charge in [0.1, 0.15) is 0 Å². The highest BCUT2D eigenvalue weighted by Crippen LogP contribution is 2.22. The Kier molecular flexibility index (Phi) is 4.65. The minimum absolute atomic E-state index is 0.244. The third kappa shape index (κ3) is 3.50. The summed E-state index contributed by atoms with van der Waals surface area (Å²) in [4.78, 5) is 24.7. The van der Waals surface area contributed by atoms with Crippen LogP contribution in [0.4, 0.5) is 10.5 Å². The molecule has 1 aliphatic heterocycles. The van der Waals surface area contributed by atoms with Gasteiger partial charge in [-0.05, 0) is 37.5 Å². The van der Waals surface area contributed by atoms with Crippen LogP contribution in [0.5, 0.6) is 0 Å². The van der Waals surface area contributed by atoms with Crippen LogP contribution in [-0.4, -0.2) is 35.1 Å². The lowest BCUT2D eigenvalue weighted by molar-refractivity contribution is -0.143. The molecule has 1 aromatic carbocycles. The van der Waals surface area contributed by atoms with Crippen molar-refractivity contribution in [2.75, 3.05) is 18.4 Å². The number of carboxylic acids is 1. The van der Waals surface area contributed by atoms with Gasteiger partial charge in [-0.15, -0.1) is 0 Å². The van der Waals surface area contributed by atoms with Gasteiger partial charge in [0.05, 0.1) is 5.92 Å². The molecule has 0 radical (unpaired) electrons. The summed E-state index contributed by atoms with van der Waals surface area (Å²) in [5, 5.41) is 11.8. The quantitative estimate of drug-likeness (QED) is 0.869. The van der Waals surface area contributed by atoms with Crippen LogP contribution in [0.25, 0.3) is 0 Å². The van der Waals surface area contributed by atoms with Crippen molar-refractivity contribution >= 4 is 33.6 Å². The van der Waals surface area contributed by atoms with Gasteiger partial charge in [-0.25, -0.2) is 4.79 Å². The van der Waals surface area contributed by atoms with Crippen LogP contribution in [0.3, 0.4) is 0 Å². The number of nitrogens with one attached hydrogen (secondary N) is 1. The van der Waals surface area contributed by atoms with Crippen molar-refractivity contribution in [2.24, 2.45) is 5.92 Å². The number of nitrogens with zero attached hydrogens (tertiary/aromatic N) is 1. The van der Waals surface area contributed by atoms with E-state index in [4.69, 9.17) is 5.11 Å². The van der Waals surface area contributed by atoms with Gasteiger partial charge in [0.2, 0.25) is 0 Å². The third-order valence-electron chi connectivity index (χ3n) is 3.48. The second-order valence-corrected chi connectivity index (χ2v) is 5.87. The average Bonchev–Trinajstić information content (AvgIpc) is 2.43. The van der Waals surface area contributed by atoms with Gasteiger partial charge in [-0.2, -0.15) is 0 Å². The lowest BCUT2D eigenvalue weighted by Crippen LogP contribution is -2.44. The predicted molar refractivity (Wildman–Crippen MR) is 79.8 cm³/mol. The number of hydrogen-bond acceptors (Lipinski definition) is 2. The number of piperidine rings is 1. The Labute approximate surface area is 126 Å². The van der Waals surface area contributed by atoms with E-state index in [9.17, 15) is 9.59 Å². The third-order valence-corrected chi connectivity index (χ3v) is 4.34. The van der Waals surface area contributed by atoms with Crippen LogP contribution in [0.1, 0.15) is 18.4 Å². The summed E-state index contributed by atoms with van der Waals surface area (Å²) >= 11 is 3.42. The van der Waals surface area contributed by atoms with Crippen molar-refractivity contribution in [3.8, 4) is 0 Å². The molecule has 1 aliphatic rings. The molecule has 1 heterocycles. The molecule has 2 amide bonds. The van der Waals surface area contributed by atoms with E-state index in [0.717, 1.165) is 16.5 Å². The molecule has 1 saturated heterocycles. The Morgan fingerprint density at radius 1 is 1.45 bits per heavy atom. The fourth-order valence-electron chi connectivity index (χ4n) is 2.24. The van der Waals surface area contributed by atoms with E-state index in [-0.39, 0.29) is 12.6 Å². The summed E-state index contributed by atoms with van der Waals surface area (Å²) in [5.41, 5.74) is 1.79. The fraction of sp³-hybridized carbons (Fsp3) is 0.429. The van der Waals surface area contributed by atoms with Crippen LogP contribution in [0.15, 0.2) is 22.7 Å². The normalized spacial score (nSPS) is 18.7. The number of likely N-dealkylation sites (tertiary alicyclic amines) is 1. The standard InChI is InChI=1S/C14H17BrN2O3/c1-9-4-5-11(7-12(9)15)16-14(20)17-6-2-3-10(8-17)13(18)19/h4-5,7,10H,2-3,6,8H2,1H3,(H,16,20)(H,18,19)/t10-/m1/s1. The zero-order valence-electron chi connectivity index (χ0n) is 11.2. The van der Waals surface area contributed by atoms with Gasteiger partial charge < -0.3 is 15.3 Å². The summed E-state index contributed by atoms with van der Waals surface area (Å²) in [6.07, 6.45) is 1.36. The average molecular weight is 341 g/mol. The molecule has 1 aromatic rings. The number of rotatable bonds is 2. The number of aryl methyl sites for hydroxylation is 1. The minimum Gasteiger partial charge on any atom is -0.481 e. The van der Waals surface area contributed by atoms with Gasteiger partial charge in [0, 0.05) is 23.2 Å². The molecule has 0 saturated carbocycles. The second-order valence-electron chi connectivity index (χ2n) is 5.02. The molecule has 0 unspecified atom stereocenters. The van der Waals surface area contributed by atoms with Crippen molar-refractivity contribution in [1.29, 1.82) is 0 Å². The fourth-order valence-corrected chi connectivity index (χ4v) is 2.62. The molecule has 2 rings (SSSR count). The maximum absolute atomic E-state index is 12.1. The highest BCUT2D eigenvalue weighted by Gasteiger charge is 2.28. The number of carbonyl (C=O) groups excluding carboxylic acids is 1. The van der Waals surface area contributed by atoms with E-state index in [0.29, 0.717) is 18.7 Å². The minimum atomic E-state index is -0.833. The first-order valence-electron chi connectivity index (χ1n) is 6.52. The predicted octanol–water partition coefficient (Wildman–Crippen LogP) is 3.09. The zero-order chi connectivity index (χ0) is 14.7. The first-order chi connectivity index (χ1) is 9.47. The van der Waals surface area contributed by atoms with E-state index in [2.05, 4.69) is 21.2 Å². The van der Waals surface area contributed by atoms with Crippen molar-refractivity contribution < 1.29 is 14.7 Å². The highest BCUT2D eigenvalue weighted by atomic mass is 79.9. The molecule has 1 fully saturated rings. The largest absolute Gasteiger partial charge is 0.481 e. The summed E-state index contributed by atoms with van der Waals surface area (Å²) in [7, 11) is 0. The van der Waals surface area contributed by atoms with E-state index < -0.39 is 11.9 Å². The Morgan fingerprint density at radius 2 is 2.20 bits per heavy atom. The number of halogens is 1. The molecule has 5 nitrogen and oxygen atoms in total. The summed E-state index contributed by atoms with van der Waals surface area (Å²) in [5.74, 6) is -1.29. The van der Waals surface area contributed by atoms with Crippen LogP contribution in [0, 0.1) is 12.8 Å². The van der Waals surface area contributed by atoms with Gasteiger partial charge in [-0.3, -0.25) is 4.79 Å². The van der Waals surface area contributed by atoms with E-state index in [1.54, 1.807) is 4.90 Å². The van der Waals surface area contributed by atoms with E-state index in [1.807, 2.05) is 25.1 Å². The van der Waals surface area contributed by atoms with Crippen LogP contribution < -0.4 is 5.32 Å². The number of benzene rings is 1. The van der Waals surface area contributed by atoms with Crippen LogP contribution >= 0.6 is 15.9 Å². The Hall–Kier alpha value is -1.56. The van der Waals surface area contributed by atoms with Crippen LogP contribution in [0.2, 0.25) is 0 Å². The summed E-state index contributed by atoms with van der Waals surface area (Å²) in [6.45, 7) is 2.84. The highest BCUT2D eigenvalue weighted by molar-refractivity contribution is 9.10. The number of carboxylic acid groups (broad SMARTS) is 1. The zero-order valence-corrected chi connectivity index (χ0v) is 12.8. The maximum atomic E-state index is 12.1. The molecule has 0 aromatic heterocycles. The summed E-state index contributed by atoms with van der Waals surface area (Å²) in [6, 6.07) is 5.34. The van der Waals surface area contributed by atoms with Gasteiger partial charge in [0.25, 0.3) is 0 Å². The summed E-state index contributed by atoms with van der Waals surface area (Å²) < 4.78 is 0.928. The second kappa shape index (κ2) is 6.26. The Morgan fingerprint density at radius 3 is 2.85 bits per heavy atom. The van der Waals surface area contributed by atoms with Gasteiger partial charge in [0.15, 0.2) is 0 Å². The molecule has 6 heteroatoms. The first-order valence-corrected chi connectivity index (χ1v) is 7.31. The lowest BCUT2D eigenvalue weighted by atomic mass is 9.99. The number of anilines is 1. The molecule has 1 atom stereocenters. The van der Waals surface area contributed by atoms with Gasteiger partial charge >= 0.3 is 12.0 Å². The Bertz CT molecular complexity index is 533. The van der Waals surface area contributed by atoms with Crippen molar-refractivity contribution in [2.45, 2.75) is 19.8 Å². The number of aliphatic carboxylic acids is 1. The molecule has 20 heavy (non-hydrogen) atoms. The molecule has 0 aliphatic carbocycles. The molecule has 108 valence electrons. The Balaban J connectivity index is 2.00. The number of urea groups is 1. The van der Waals surface area contributed by atoms with E-state index >= 15 is 0 Å². The lowest BCUT2D eigenvalue weighted by Gasteiger charge is -2.30. The molecular weight excluding hydrogens is 324 g/mol. The number of hydrogen-bond donors (Lipinski definition) is 2. The smallest absolute Gasteiger partial charge is 0.321 e. The van der Waals surface area contributed by atoms with E-state index in [1.165, 1.54) is 0 Å². The maximum Gasteiger partial charge on any atom is 0.321 e. The molecule has 2 N–H and O–H groups in total. The van der Waals surface area contributed by atoms with Crippen molar-refractivity contribution in [3.63, 3.8) is 0 Å². The van der Waals surface area contributed by atoms with Crippen molar-refractivity contribution in [1.82, 2.24) is 4.90 Å². The van der Waals surface area contributed by atoms with Gasteiger partial charge in [-0.1, -0.05) is 22.0 Å². The molecule has 0 bridgehead atoms. The molecular formula is C14H17BrN2O3. The monoisotopic (exact) mass is 340 g/mol. The number of amides is 2. The topological polar surface area (TPSA) is 69.6 Å². The molecule has 0 spiro atoms. The SMILES string of the molecule is Cc1ccc(NC(=O)N2CCC[C@@H](C(=O)O)C2)cc1Br. The first kappa shape index (κ1) is 14.8. The van der Waals surface area contributed by atoms with Crippen LogP contribution in [-0.2, 0) is 4.79 Å².